The molecular formula is C12H17BrN2O5S. The number of carbonyl (C=O) groups is 1. The summed E-state index contributed by atoms with van der Waals surface area (Å²) in [5.74, 6) is 0.0407. The van der Waals surface area contributed by atoms with Crippen molar-refractivity contribution in [3.05, 3.63) is 22.7 Å². The Balaban J connectivity index is 2.62. The van der Waals surface area contributed by atoms with Crippen LogP contribution in [-0.4, -0.2) is 40.7 Å². The van der Waals surface area contributed by atoms with E-state index in [1.807, 2.05) is 0 Å². The summed E-state index contributed by atoms with van der Waals surface area (Å²) in [6, 6.07) is 3.92. The number of hydrogen-bond donors (Lipinski definition) is 2. The van der Waals surface area contributed by atoms with Gasteiger partial charge in [0, 0.05) is 13.2 Å². The largest absolute Gasteiger partial charge is 0.483 e. The highest BCUT2D eigenvalue weighted by atomic mass is 79.9. The number of rotatable bonds is 7. The van der Waals surface area contributed by atoms with Crippen molar-refractivity contribution in [1.82, 2.24) is 5.32 Å². The molecule has 0 aromatic heterocycles. The summed E-state index contributed by atoms with van der Waals surface area (Å²) < 4.78 is 33.0. The van der Waals surface area contributed by atoms with E-state index in [2.05, 4.69) is 21.2 Å². The number of sulfonamides is 1. The number of hydrogen-bond acceptors (Lipinski definition) is 5. The molecule has 0 aliphatic carbocycles. The van der Waals surface area contributed by atoms with Crippen molar-refractivity contribution in [3.63, 3.8) is 0 Å². The molecule has 1 atom stereocenters. The number of ether oxygens (including phenoxy) is 2. The van der Waals surface area contributed by atoms with Crippen LogP contribution in [-0.2, 0) is 19.6 Å². The topological polar surface area (TPSA) is 108 Å². The van der Waals surface area contributed by atoms with Crippen LogP contribution in [0.5, 0.6) is 5.75 Å². The molecule has 0 saturated heterocycles. The SMILES string of the molecule is COCC(C)NC(=O)COc1ccc(S(N)(=O)=O)cc1Br. The van der Waals surface area contributed by atoms with Crippen LogP contribution in [0.1, 0.15) is 6.92 Å². The summed E-state index contributed by atoms with van der Waals surface area (Å²) in [5, 5.41) is 7.70. The van der Waals surface area contributed by atoms with Gasteiger partial charge in [-0.05, 0) is 41.1 Å². The fourth-order valence-corrected chi connectivity index (χ4v) is 2.71. The van der Waals surface area contributed by atoms with Crippen molar-refractivity contribution >= 4 is 31.9 Å². The number of halogens is 1. The summed E-state index contributed by atoms with van der Waals surface area (Å²) in [5.41, 5.74) is 0. The van der Waals surface area contributed by atoms with Crippen molar-refractivity contribution < 1.29 is 22.7 Å². The van der Waals surface area contributed by atoms with Crippen LogP contribution >= 0.6 is 15.9 Å². The average molecular weight is 381 g/mol. The van der Waals surface area contributed by atoms with Crippen LogP contribution in [0.25, 0.3) is 0 Å². The Bertz CT molecular complexity index is 606. The average Bonchev–Trinajstić information content (AvgIpc) is 2.36. The van der Waals surface area contributed by atoms with Crippen LogP contribution in [0.15, 0.2) is 27.6 Å². The first-order valence-electron chi connectivity index (χ1n) is 5.97. The van der Waals surface area contributed by atoms with E-state index in [1.165, 1.54) is 18.2 Å². The summed E-state index contributed by atoms with van der Waals surface area (Å²) in [4.78, 5) is 11.6. The lowest BCUT2D eigenvalue weighted by Crippen LogP contribution is -2.38. The van der Waals surface area contributed by atoms with Crippen molar-refractivity contribution in [2.24, 2.45) is 5.14 Å². The molecule has 0 heterocycles. The first-order chi connectivity index (χ1) is 9.74. The molecule has 0 fully saturated rings. The van der Waals surface area contributed by atoms with Gasteiger partial charge in [-0.3, -0.25) is 4.79 Å². The zero-order valence-corrected chi connectivity index (χ0v) is 14.0. The van der Waals surface area contributed by atoms with Crippen molar-refractivity contribution in [1.29, 1.82) is 0 Å². The predicted octanol–water partition coefficient (Wildman–Crippen LogP) is 0.626. The number of nitrogens with one attached hydrogen (secondary N) is 1. The third kappa shape index (κ3) is 6.00. The lowest BCUT2D eigenvalue weighted by Gasteiger charge is -2.13. The third-order valence-corrected chi connectivity index (χ3v) is 3.95. The molecule has 0 radical (unpaired) electrons. The van der Waals surface area contributed by atoms with Gasteiger partial charge >= 0.3 is 0 Å². The van der Waals surface area contributed by atoms with Crippen LogP contribution in [0.2, 0.25) is 0 Å². The van der Waals surface area contributed by atoms with Gasteiger partial charge in [0.15, 0.2) is 6.61 Å². The standard InChI is InChI=1S/C12H17BrN2O5S/c1-8(6-19-2)15-12(16)7-20-11-4-3-9(5-10(11)13)21(14,17)18/h3-5,8H,6-7H2,1-2H3,(H,15,16)(H2,14,17,18). The second-order valence-electron chi connectivity index (χ2n) is 4.35. The molecule has 1 amide bonds. The zero-order chi connectivity index (χ0) is 16.0. The Morgan fingerprint density at radius 1 is 1.48 bits per heavy atom. The number of nitrogens with two attached hydrogens (primary N) is 1. The molecule has 118 valence electrons. The zero-order valence-electron chi connectivity index (χ0n) is 11.6. The van der Waals surface area contributed by atoms with Crippen LogP contribution in [0.4, 0.5) is 0 Å². The minimum Gasteiger partial charge on any atom is -0.483 e. The third-order valence-electron chi connectivity index (χ3n) is 2.41. The van der Waals surface area contributed by atoms with E-state index in [-0.39, 0.29) is 23.5 Å². The highest BCUT2D eigenvalue weighted by Crippen LogP contribution is 2.27. The Morgan fingerprint density at radius 2 is 2.14 bits per heavy atom. The minimum absolute atomic E-state index is 0.0418. The smallest absolute Gasteiger partial charge is 0.258 e. The second kappa shape index (κ2) is 7.74. The van der Waals surface area contributed by atoms with Gasteiger partial charge < -0.3 is 14.8 Å². The molecule has 0 aliphatic rings. The summed E-state index contributed by atoms with van der Waals surface area (Å²) in [7, 11) is -2.23. The molecule has 1 rings (SSSR count). The maximum Gasteiger partial charge on any atom is 0.258 e. The van der Waals surface area contributed by atoms with E-state index < -0.39 is 10.0 Å². The monoisotopic (exact) mass is 380 g/mol. The Hall–Kier alpha value is -1.16. The van der Waals surface area contributed by atoms with E-state index in [0.29, 0.717) is 16.8 Å². The van der Waals surface area contributed by atoms with E-state index in [4.69, 9.17) is 14.6 Å². The van der Waals surface area contributed by atoms with Gasteiger partial charge in [0.2, 0.25) is 10.0 Å². The van der Waals surface area contributed by atoms with E-state index in [9.17, 15) is 13.2 Å². The van der Waals surface area contributed by atoms with Crippen LogP contribution < -0.4 is 15.2 Å². The number of primary sulfonamides is 1. The molecule has 0 bridgehead atoms. The van der Waals surface area contributed by atoms with Crippen molar-refractivity contribution in [3.8, 4) is 5.75 Å². The summed E-state index contributed by atoms with van der Waals surface area (Å²) in [6.07, 6.45) is 0. The molecule has 7 nitrogen and oxygen atoms in total. The number of amides is 1. The fourth-order valence-electron chi connectivity index (χ4n) is 1.53. The van der Waals surface area contributed by atoms with Gasteiger partial charge in [0.25, 0.3) is 5.91 Å². The molecule has 0 aliphatic heterocycles. The predicted molar refractivity (Wildman–Crippen MR) is 80.5 cm³/mol. The first kappa shape index (κ1) is 17.9. The van der Waals surface area contributed by atoms with Gasteiger partial charge in [-0.25, -0.2) is 13.6 Å². The molecule has 1 aromatic carbocycles. The first-order valence-corrected chi connectivity index (χ1v) is 8.31. The van der Waals surface area contributed by atoms with Gasteiger partial charge in [-0.2, -0.15) is 0 Å². The van der Waals surface area contributed by atoms with Gasteiger partial charge in [0.1, 0.15) is 5.75 Å². The molecule has 3 N–H and O–H groups in total. The molecule has 1 unspecified atom stereocenters. The fraction of sp³-hybridized carbons (Fsp3) is 0.417. The van der Waals surface area contributed by atoms with Crippen LogP contribution in [0, 0.1) is 0 Å². The van der Waals surface area contributed by atoms with Gasteiger partial charge in [0.05, 0.1) is 16.0 Å². The van der Waals surface area contributed by atoms with Crippen LogP contribution in [0.3, 0.4) is 0 Å². The number of methoxy groups -OCH3 is 1. The lowest BCUT2D eigenvalue weighted by atomic mass is 10.3. The maximum atomic E-state index is 11.6. The van der Waals surface area contributed by atoms with Crippen molar-refractivity contribution in [2.45, 2.75) is 17.9 Å². The highest BCUT2D eigenvalue weighted by molar-refractivity contribution is 9.10. The Morgan fingerprint density at radius 3 is 2.67 bits per heavy atom. The minimum atomic E-state index is -3.77. The van der Waals surface area contributed by atoms with Gasteiger partial charge in [-0.1, -0.05) is 0 Å². The highest BCUT2D eigenvalue weighted by Gasteiger charge is 2.12. The molecule has 0 saturated carbocycles. The molecular weight excluding hydrogens is 364 g/mol. The van der Waals surface area contributed by atoms with E-state index in [0.717, 1.165) is 0 Å². The molecule has 0 spiro atoms. The molecule has 9 heteroatoms. The second-order valence-corrected chi connectivity index (χ2v) is 6.77. The molecule has 21 heavy (non-hydrogen) atoms. The normalized spacial score (nSPS) is 12.8. The number of carbonyl (C=O) groups excluding carboxylic acids is 1. The summed E-state index contributed by atoms with van der Waals surface area (Å²) in [6.45, 7) is 2.01. The van der Waals surface area contributed by atoms with Gasteiger partial charge in [-0.15, -0.1) is 0 Å². The maximum absolute atomic E-state index is 11.6. The van der Waals surface area contributed by atoms with E-state index >= 15 is 0 Å². The van der Waals surface area contributed by atoms with Crippen molar-refractivity contribution in [2.75, 3.05) is 20.3 Å². The Labute approximate surface area is 132 Å². The number of benzene rings is 1. The van der Waals surface area contributed by atoms with E-state index in [1.54, 1.807) is 14.0 Å². The summed E-state index contributed by atoms with van der Waals surface area (Å²) >= 11 is 3.17. The quantitative estimate of drug-likeness (QED) is 0.720. The molecule has 1 aromatic rings. The Kier molecular flexibility index (Phi) is 6.59. The lowest BCUT2D eigenvalue weighted by molar-refractivity contribution is -0.124.